The van der Waals surface area contributed by atoms with Crippen molar-refractivity contribution in [3.05, 3.63) is 0 Å². The van der Waals surface area contributed by atoms with Crippen LogP contribution in [0.3, 0.4) is 0 Å². The molecule has 0 aromatic rings. The minimum atomic E-state index is -1.18. The number of aliphatic hydroxyl groups excluding tert-OH is 4. The maximum absolute atomic E-state index is 10.1. The van der Waals surface area contributed by atoms with Crippen LogP contribution >= 0.6 is 0 Å². The molecule has 4 rings (SSSR count). The quantitative estimate of drug-likeness (QED) is 0.450. The summed E-state index contributed by atoms with van der Waals surface area (Å²) >= 11 is 0. The zero-order valence-electron chi connectivity index (χ0n) is 9.24. The highest BCUT2D eigenvalue weighted by molar-refractivity contribution is 5.06. The van der Waals surface area contributed by atoms with E-state index in [1.165, 1.54) is 0 Å². The minimum absolute atomic E-state index is 0.0131. The molecule has 0 aromatic heterocycles. The van der Waals surface area contributed by atoms with E-state index in [4.69, 9.17) is 0 Å². The summed E-state index contributed by atoms with van der Waals surface area (Å²) in [6, 6.07) is 0. The monoisotopic (exact) mass is 228 g/mol. The molecule has 0 amide bonds. The molecule has 16 heavy (non-hydrogen) atoms. The van der Waals surface area contributed by atoms with E-state index in [0.717, 1.165) is 25.7 Å². The zero-order chi connectivity index (χ0) is 11.4. The molecule has 4 fully saturated rings. The molecule has 4 N–H and O–H groups in total. The highest BCUT2D eigenvalue weighted by Crippen LogP contribution is 2.54. The zero-order valence-corrected chi connectivity index (χ0v) is 9.24. The van der Waals surface area contributed by atoms with Crippen LogP contribution < -0.4 is 0 Å². The fourth-order valence-corrected chi connectivity index (χ4v) is 4.42. The van der Waals surface area contributed by atoms with Gasteiger partial charge < -0.3 is 20.4 Å². The predicted octanol–water partition coefficient (Wildman–Crippen LogP) is -0.504. The smallest absolute Gasteiger partial charge is 0.109 e. The predicted molar refractivity (Wildman–Crippen MR) is 56.5 cm³/mol. The van der Waals surface area contributed by atoms with Crippen LogP contribution in [0.4, 0.5) is 0 Å². The van der Waals surface area contributed by atoms with Crippen molar-refractivity contribution in [3.63, 3.8) is 0 Å². The van der Waals surface area contributed by atoms with E-state index in [9.17, 15) is 20.4 Å². The Kier molecular flexibility index (Phi) is 2.51. The summed E-state index contributed by atoms with van der Waals surface area (Å²) in [4.78, 5) is 0. The van der Waals surface area contributed by atoms with Crippen LogP contribution in [0.15, 0.2) is 0 Å². The Morgan fingerprint density at radius 2 is 0.812 bits per heavy atom. The van der Waals surface area contributed by atoms with Crippen LogP contribution in [0.1, 0.15) is 25.7 Å². The van der Waals surface area contributed by atoms with E-state index in [1.54, 1.807) is 0 Å². The van der Waals surface area contributed by atoms with Crippen molar-refractivity contribution in [1.29, 1.82) is 0 Å². The number of hydrogen-bond acceptors (Lipinski definition) is 4. The van der Waals surface area contributed by atoms with E-state index in [1.807, 2.05) is 0 Å². The largest absolute Gasteiger partial charge is 0.390 e. The first kappa shape index (κ1) is 11.0. The number of rotatable bonds is 0. The molecule has 0 aliphatic heterocycles. The Morgan fingerprint density at radius 1 is 0.500 bits per heavy atom. The number of aliphatic hydroxyl groups is 4. The third-order valence-corrected chi connectivity index (χ3v) is 5.19. The van der Waals surface area contributed by atoms with Crippen LogP contribution in [0, 0.1) is 23.7 Å². The van der Waals surface area contributed by atoms with E-state index in [2.05, 4.69) is 0 Å². The van der Waals surface area contributed by atoms with Crippen LogP contribution in [-0.4, -0.2) is 44.8 Å². The van der Waals surface area contributed by atoms with Crippen molar-refractivity contribution < 1.29 is 20.4 Å². The lowest BCUT2D eigenvalue weighted by Gasteiger charge is -2.56. The van der Waals surface area contributed by atoms with Crippen LogP contribution in [0.5, 0.6) is 0 Å². The van der Waals surface area contributed by atoms with Gasteiger partial charge in [0.25, 0.3) is 0 Å². The Morgan fingerprint density at radius 3 is 1.12 bits per heavy atom. The maximum Gasteiger partial charge on any atom is 0.109 e. The van der Waals surface area contributed by atoms with Crippen molar-refractivity contribution in [2.45, 2.75) is 50.1 Å². The van der Waals surface area contributed by atoms with Crippen molar-refractivity contribution in [2.24, 2.45) is 23.7 Å². The second-order valence-corrected chi connectivity index (χ2v) is 5.79. The Labute approximate surface area is 94.9 Å². The Balaban J connectivity index is 1.93. The van der Waals surface area contributed by atoms with Gasteiger partial charge in [0.15, 0.2) is 0 Å². The molecule has 0 radical (unpaired) electrons. The third kappa shape index (κ3) is 1.30. The van der Waals surface area contributed by atoms with E-state index in [0.29, 0.717) is 11.8 Å². The fourth-order valence-electron chi connectivity index (χ4n) is 4.42. The van der Waals surface area contributed by atoms with Crippen LogP contribution in [0.25, 0.3) is 0 Å². The first-order valence-corrected chi connectivity index (χ1v) is 6.33. The van der Waals surface area contributed by atoms with Crippen molar-refractivity contribution in [2.75, 3.05) is 0 Å². The van der Waals surface area contributed by atoms with Gasteiger partial charge in [0, 0.05) is 0 Å². The molecule has 92 valence electrons. The summed E-state index contributed by atoms with van der Waals surface area (Å²) in [5.74, 6) is 0.811. The average molecular weight is 228 g/mol. The molecular weight excluding hydrogens is 208 g/mol. The standard InChI is InChI=1S/C12H20O4/c13-9-7-5-1-2-6(4-3-5)8(7)10(14)12(16)11(9)15/h5-16H,1-4H2/t5-,6-,7?,8?,9-,10+,11+,12-. The SMILES string of the molecule is O[C@@H]1[C@H](O)[C@@H](O)C2C([C@H]3CC[C@H]2CC3)[C@H]1O. The molecule has 0 aromatic carbocycles. The molecule has 4 heteroatoms. The van der Waals surface area contributed by atoms with E-state index in [-0.39, 0.29) is 11.8 Å². The highest BCUT2D eigenvalue weighted by atomic mass is 16.4. The van der Waals surface area contributed by atoms with Gasteiger partial charge in [0.2, 0.25) is 0 Å². The topological polar surface area (TPSA) is 80.9 Å². The molecule has 2 bridgehead atoms. The molecule has 4 nitrogen and oxygen atoms in total. The molecule has 2 unspecified atom stereocenters. The molecule has 4 saturated carbocycles. The van der Waals surface area contributed by atoms with Gasteiger partial charge in [-0.1, -0.05) is 0 Å². The third-order valence-electron chi connectivity index (χ3n) is 5.19. The van der Waals surface area contributed by atoms with Crippen molar-refractivity contribution in [1.82, 2.24) is 0 Å². The summed E-state index contributed by atoms with van der Waals surface area (Å²) in [5.41, 5.74) is 0. The van der Waals surface area contributed by atoms with Gasteiger partial charge in [-0.2, -0.15) is 0 Å². The van der Waals surface area contributed by atoms with Gasteiger partial charge >= 0.3 is 0 Å². The number of hydrogen-bond donors (Lipinski definition) is 4. The normalized spacial score (nSPS) is 60.8. The van der Waals surface area contributed by atoms with Crippen molar-refractivity contribution >= 4 is 0 Å². The Bertz CT molecular complexity index is 246. The molecule has 0 spiro atoms. The van der Waals surface area contributed by atoms with Gasteiger partial charge in [-0.25, -0.2) is 0 Å². The van der Waals surface area contributed by atoms with Gasteiger partial charge in [0.1, 0.15) is 12.2 Å². The van der Waals surface area contributed by atoms with Gasteiger partial charge in [-0.15, -0.1) is 0 Å². The molecule has 0 saturated heterocycles. The molecular formula is C12H20O4. The maximum atomic E-state index is 10.1. The van der Waals surface area contributed by atoms with Crippen LogP contribution in [-0.2, 0) is 0 Å². The molecule has 4 aliphatic carbocycles. The lowest BCUT2D eigenvalue weighted by Crippen LogP contribution is -2.64. The van der Waals surface area contributed by atoms with E-state index < -0.39 is 24.4 Å². The summed E-state index contributed by atoms with van der Waals surface area (Å²) in [6.45, 7) is 0. The van der Waals surface area contributed by atoms with E-state index >= 15 is 0 Å². The average Bonchev–Trinajstić information content (AvgIpc) is 2.34. The van der Waals surface area contributed by atoms with Crippen LogP contribution in [0.2, 0.25) is 0 Å². The summed E-state index contributed by atoms with van der Waals surface area (Å²) in [5, 5.41) is 39.6. The first-order valence-electron chi connectivity index (χ1n) is 6.33. The summed E-state index contributed by atoms with van der Waals surface area (Å²) < 4.78 is 0. The first-order chi connectivity index (χ1) is 7.61. The Hall–Kier alpha value is -0.160. The lowest BCUT2D eigenvalue weighted by atomic mass is 9.52. The highest BCUT2D eigenvalue weighted by Gasteiger charge is 2.57. The lowest BCUT2D eigenvalue weighted by molar-refractivity contribution is -0.224. The molecule has 4 aliphatic rings. The number of fused-ring (bicyclic) bond motifs is 2. The second-order valence-electron chi connectivity index (χ2n) is 5.79. The minimum Gasteiger partial charge on any atom is -0.390 e. The molecule has 0 heterocycles. The summed E-state index contributed by atoms with van der Waals surface area (Å²) in [6.07, 6.45) is 0.285. The second kappa shape index (κ2) is 3.67. The fraction of sp³-hybridized carbons (Fsp3) is 1.00. The van der Waals surface area contributed by atoms with Crippen molar-refractivity contribution in [3.8, 4) is 0 Å². The summed E-state index contributed by atoms with van der Waals surface area (Å²) in [7, 11) is 0. The van der Waals surface area contributed by atoms with Gasteiger partial charge in [-0.3, -0.25) is 0 Å². The molecule has 6 atom stereocenters. The van der Waals surface area contributed by atoms with Gasteiger partial charge in [-0.05, 0) is 49.4 Å². The van der Waals surface area contributed by atoms with Gasteiger partial charge in [0.05, 0.1) is 12.2 Å².